The highest BCUT2D eigenvalue weighted by molar-refractivity contribution is 5.84. The molecule has 1 radical (unpaired) electrons. The van der Waals surface area contributed by atoms with Crippen molar-refractivity contribution in [3.8, 4) is 0 Å². The van der Waals surface area contributed by atoms with E-state index in [1.807, 2.05) is 6.29 Å². The molecule has 0 aromatic carbocycles. The zero-order chi connectivity index (χ0) is 10.6. The predicted octanol–water partition coefficient (Wildman–Crippen LogP) is -1.20. The van der Waals surface area contributed by atoms with Gasteiger partial charge in [0.2, 0.25) is 12.2 Å². The second-order valence-corrected chi connectivity index (χ2v) is 3.43. The Bertz CT molecular complexity index is 220. The Morgan fingerprint density at radius 3 is 3.00 bits per heavy atom. The van der Waals surface area contributed by atoms with Crippen molar-refractivity contribution in [2.24, 2.45) is 5.73 Å². The van der Waals surface area contributed by atoms with Gasteiger partial charge in [-0.05, 0) is 19.3 Å². The standard InChI is InChI=1S/C9H15N2O3/c10-8(3-5-12)9(14)11-4-1-2-7(11)6-13/h7-8,12H,1-5,10H2/t7-,8-/m0/s1. The molecule has 1 fully saturated rings. The summed E-state index contributed by atoms with van der Waals surface area (Å²) in [7, 11) is 0. The third-order valence-electron chi connectivity index (χ3n) is 2.43. The first-order chi connectivity index (χ1) is 6.70. The molecule has 1 rings (SSSR count). The molecule has 0 bridgehead atoms. The van der Waals surface area contributed by atoms with Crippen LogP contribution < -0.4 is 5.73 Å². The Hall–Kier alpha value is -0.940. The summed E-state index contributed by atoms with van der Waals surface area (Å²) in [4.78, 5) is 23.6. The first kappa shape index (κ1) is 11.1. The van der Waals surface area contributed by atoms with Crippen molar-refractivity contribution in [1.29, 1.82) is 0 Å². The fraction of sp³-hybridized carbons (Fsp3) is 0.778. The van der Waals surface area contributed by atoms with Gasteiger partial charge in [0.05, 0.1) is 12.1 Å². The van der Waals surface area contributed by atoms with E-state index in [2.05, 4.69) is 0 Å². The second kappa shape index (κ2) is 5.07. The molecule has 0 unspecified atom stereocenters. The largest absolute Gasteiger partial charge is 0.396 e. The number of carbonyl (C=O) groups is 1. The molecule has 3 N–H and O–H groups in total. The quantitative estimate of drug-likeness (QED) is 0.595. The van der Waals surface area contributed by atoms with Crippen LogP contribution in [0.15, 0.2) is 0 Å². The Kier molecular flexibility index (Phi) is 4.03. The monoisotopic (exact) mass is 199 g/mol. The van der Waals surface area contributed by atoms with Gasteiger partial charge in [0.15, 0.2) is 0 Å². The summed E-state index contributed by atoms with van der Waals surface area (Å²) < 4.78 is 0. The molecule has 5 nitrogen and oxygen atoms in total. The van der Waals surface area contributed by atoms with Gasteiger partial charge in [-0.3, -0.25) is 9.59 Å². The minimum Gasteiger partial charge on any atom is -0.396 e. The number of nitrogens with zero attached hydrogens (tertiary/aromatic N) is 1. The molecule has 0 aromatic heterocycles. The molecular weight excluding hydrogens is 184 g/mol. The first-order valence-corrected chi connectivity index (χ1v) is 4.75. The minimum atomic E-state index is -0.700. The van der Waals surface area contributed by atoms with E-state index in [1.54, 1.807) is 0 Å². The van der Waals surface area contributed by atoms with Crippen LogP contribution in [0.25, 0.3) is 0 Å². The zero-order valence-corrected chi connectivity index (χ0v) is 7.98. The smallest absolute Gasteiger partial charge is 0.240 e. The summed E-state index contributed by atoms with van der Waals surface area (Å²) in [6, 6.07) is -1.14. The molecule has 2 atom stereocenters. The van der Waals surface area contributed by atoms with E-state index in [0.29, 0.717) is 13.0 Å². The zero-order valence-electron chi connectivity index (χ0n) is 7.98. The van der Waals surface area contributed by atoms with Gasteiger partial charge in [0.25, 0.3) is 0 Å². The van der Waals surface area contributed by atoms with E-state index in [-0.39, 0.29) is 18.9 Å². The molecule has 0 spiro atoms. The molecule has 5 heteroatoms. The fourth-order valence-corrected chi connectivity index (χ4v) is 1.63. The molecular formula is C9H15N2O3. The lowest BCUT2D eigenvalue weighted by Gasteiger charge is -2.23. The Morgan fingerprint density at radius 1 is 1.71 bits per heavy atom. The van der Waals surface area contributed by atoms with Crippen LogP contribution in [-0.4, -0.2) is 47.4 Å². The number of carbonyl (C=O) groups excluding carboxylic acids is 2. The van der Waals surface area contributed by atoms with Gasteiger partial charge < -0.3 is 15.7 Å². The maximum absolute atomic E-state index is 11.6. The SMILES string of the molecule is N[C@@H](CCO)C(=O)N1CCC[C@H]1[C]=O. The summed E-state index contributed by atoms with van der Waals surface area (Å²) in [5.41, 5.74) is 5.54. The van der Waals surface area contributed by atoms with Crippen LogP contribution in [-0.2, 0) is 9.59 Å². The molecule has 1 amide bonds. The van der Waals surface area contributed by atoms with Crippen molar-refractivity contribution in [3.05, 3.63) is 0 Å². The van der Waals surface area contributed by atoms with E-state index in [4.69, 9.17) is 10.8 Å². The molecule has 1 aliphatic rings. The van der Waals surface area contributed by atoms with Gasteiger partial charge >= 0.3 is 0 Å². The Labute approximate surface area is 82.9 Å². The second-order valence-electron chi connectivity index (χ2n) is 3.43. The maximum atomic E-state index is 11.6. The van der Waals surface area contributed by atoms with Gasteiger partial charge in [-0.2, -0.15) is 0 Å². The number of hydrogen-bond donors (Lipinski definition) is 2. The first-order valence-electron chi connectivity index (χ1n) is 4.75. The van der Waals surface area contributed by atoms with Crippen molar-refractivity contribution in [3.63, 3.8) is 0 Å². The van der Waals surface area contributed by atoms with Crippen molar-refractivity contribution < 1.29 is 14.7 Å². The van der Waals surface area contributed by atoms with Crippen LogP contribution in [0.2, 0.25) is 0 Å². The average molecular weight is 199 g/mol. The number of rotatable bonds is 4. The van der Waals surface area contributed by atoms with Crippen LogP contribution in [0.5, 0.6) is 0 Å². The van der Waals surface area contributed by atoms with Crippen molar-refractivity contribution in [2.75, 3.05) is 13.2 Å². The molecule has 0 aliphatic carbocycles. The summed E-state index contributed by atoms with van der Waals surface area (Å²) in [5.74, 6) is -0.259. The van der Waals surface area contributed by atoms with Gasteiger partial charge in [-0.15, -0.1) is 0 Å². The van der Waals surface area contributed by atoms with Crippen LogP contribution in [0.4, 0.5) is 0 Å². The molecule has 1 saturated heterocycles. The topological polar surface area (TPSA) is 83.6 Å². The predicted molar refractivity (Wildman–Crippen MR) is 50.1 cm³/mol. The maximum Gasteiger partial charge on any atom is 0.240 e. The van der Waals surface area contributed by atoms with Crippen molar-refractivity contribution >= 4 is 12.2 Å². The Morgan fingerprint density at radius 2 is 2.43 bits per heavy atom. The van der Waals surface area contributed by atoms with Gasteiger partial charge in [0.1, 0.15) is 0 Å². The van der Waals surface area contributed by atoms with Gasteiger partial charge in [0, 0.05) is 13.2 Å². The third kappa shape index (κ3) is 2.30. The molecule has 14 heavy (non-hydrogen) atoms. The normalized spacial score (nSPS) is 23.6. The van der Waals surface area contributed by atoms with E-state index in [0.717, 1.165) is 6.42 Å². The summed E-state index contributed by atoms with van der Waals surface area (Å²) in [6.07, 6.45) is 3.55. The van der Waals surface area contributed by atoms with Crippen LogP contribution >= 0.6 is 0 Å². The molecule has 79 valence electrons. The highest BCUT2D eigenvalue weighted by Gasteiger charge is 2.31. The van der Waals surface area contributed by atoms with E-state index >= 15 is 0 Å². The summed E-state index contributed by atoms with van der Waals surface area (Å²) in [6.45, 7) is 0.452. The lowest BCUT2D eigenvalue weighted by molar-refractivity contribution is -0.132. The van der Waals surface area contributed by atoms with Crippen LogP contribution in [0.1, 0.15) is 19.3 Å². The highest BCUT2D eigenvalue weighted by atomic mass is 16.3. The fourth-order valence-electron chi connectivity index (χ4n) is 1.63. The number of hydrogen-bond acceptors (Lipinski definition) is 4. The number of aliphatic hydroxyl groups excluding tert-OH is 1. The minimum absolute atomic E-state index is 0.115. The molecule has 1 heterocycles. The number of aliphatic hydroxyl groups is 1. The van der Waals surface area contributed by atoms with E-state index < -0.39 is 12.1 Å². The number of nitrogens with two attached hydrogens (primary N) is 1. The van der Waals surface area contributed by atoms with Gasteiger partial charge in [-0.1, -0.05) is 0 Å². The summed E-state index contributed by atoms with van der Waals surface area (Å²) >= 11 is 0. The van der Waals surface area contributed by atoms with Crippen LogP contribution in [0, 0.1) is 0 Å². The average Bonchev–Trinajstić information content (AvgIpc) is 2.64. The van der Waals surface area contributed by atoms with Gasteiger partial charge in [-0.25, -0.2) is 0 Å². The van der Waals surface area contributed by atoms with Crippen molar-refractivity contribution in [2.45, 2.75) is 31.3 Å². The summed E-state index contributed by atoms with van der Waals surface area (Å²) in [5, 5.41) is 8.62. The number of amides is 1. The van der Waals surface area contributed by atoms with E-state index in [9.17, 15) is 9.59 Å². The van der Waals surface area contributed by atoms with E-state index in [1.165, 1.54) is 4.90 Å². The lowest BCUT2D eigenvalue weighted by atomic mass is 10.2. The number of likely N-dealkylation sites (tertiary alicyclic amines) is 1. The molecule has 0 saturated carbocycles. The van der Waals surface area contributed by atoms with Crippen LogP contribution in [0.3, 0.4) is 0 Å². The van der Waals surface area contributed by atoms with Crippen molar-refractivity contribution in [1.82, 2.24) is 4.90 Å². The highest BCUT2D eigenvalue weighted by Crippen LogP contribution is 2.16. The Balaban J connectivity index is 2.54. The lowest BCUT2D eigenvalue weighted by Crippen LogP contribution is -2.46. The molecule has 0 aromatic rings. The third-order valence-corrected chi connectivity index (χ3v) is 2.43. The molecule has 1 aliphatic heterocycles.